The molecule has 0 aliphatic rings. The van der Waals surface area contributed by atoms with Crippen LogP contribution in [0.1, 0.15) is 26.3 Å². The molecular weight excluding hydrogens is 306 g/mol. The summed E-state index contributed by atoms with van der Waals surface area (Å²) in [5.74, 6) is 0.888. The van der Waals surface area contributed by atoms with Crippen LogP contribution in [0.2, 0.25) is 0 Å². The minimum atomic E-state index is -3.28. The number of benzene rings is 1. The fourth-order valence-corrected chi connectivity index (χ4v) is 3.79. The Morgan fingerprint density at radius 3 is 2.57 bits per heavy atom. The highest BCUT2D eigenvalue weighted by atomic mass is 32.2. The molecule has 0 saturated carbocycles. The molecular formula is C14H21N3O2S2. The van der Waals surface area contributed by atoms with Crippen molar-refractivity contribution in [3.05, 3.63) is 23.8 Å². The number of thioether (sulfide) groups is 1. The number of hydrogen-bond donors (Lipinski definition) is 2. The fraction of sp³-hybridized carbons (Fsp3) is 0.500. The van der Waals surface area contributed by atoms with Crippen molar-refractivity contribution in [2.75, 3.05) is 23.9 Å². The van der Waals surface area contributed by atoms with E-state index < -0.39 is 15.6 Å². The molecule has 0 heterocycles. The van der Waals surface area contributed by atoms with Crippen molar-refractivity contribution in [1.82, 2.24) is 4.72 Å². The molecule has 0 unspecified atom stereocenters. The van der Waals surface area contributed by atoms with Crippen molar-refractivity contribution >= 4 is 27.5 Å². The third kappa shape index (κ3) is 5.96. The number of anilines is 1. The second-order valence-corrected chi connectivity index (χ2v) is 8.39. The van der Waals surface area contributed by atoms with Crippen LogP contribution in [0.25, 0.3) is 0 Å². The molecule has 0 atom stereocenters. The van der Waals surface area contributed by atoms with Gasteiger partial charge in [-0.05, 0) is 31.7 Å². The minimum absolute atomic E-state index is 0.384. The maximum absolute atomic E-state index is 11.3. The van der Waals surface area contributed by atoms with Crippen LogP contribution in [-0.2, 0) is 10.0 Å². The molecule has 7 heteroatoms. The molecule has 0 aromatic heterocycles. The summed E-state index contributed by atoms with van der Waals surface area (Å²) in [6.45, 7) is 6.00. The van der Waals surface area contributed by atoms with Crippen molar-refractivity contribution in [2.24, 2.45) is 0 Å². The zero-order chi connectivity index (χ0) is 16.1. The predicted molar refractivity (Wildman–Crippen MR) is 88.1 cm³/mol. The van der Waals surface area contributed by atoms with Crippen LogP contribution in [0.5, 0.6) is 0 Å². The molecule has 0 amide bonds. The van der Waals surface area contributed by atoms with Gasteiger partial charge in [0.25, 0.3) is 0 Å². The molecule has 0 aliphatic carbocycles. The van der Waals surface area contributed by atoms with Crippen LogP contribution < -0.4 is 10.0 Å². The van der Waals surface area contributed by atoms with E-state index in [-0.39, 0.29) is 0 Å². The number of rotatable bonds is 7. The van der Waals surface area contributed by atoms with E-state index in [1.54, 1.807) is 25.6 Å². The molecule has 0 fully saturated rings. The Kier molecular flexibility index (Phi) is 6.08. The molecule has 1 aromatic carbocycles. The number of nitrogens with one attached hydrogen (secondary N) is 2. The molecule has 2 N–H and O–H groups in total. The Hall–Kier alpha value is -1.23. The minimum Gasteiger partial charge on any atom is -0.382 e. The van der Waals surface area contributed by atoms with E-state index in [1.165, 1.54) is 0 Å². The number of sulfonamides is 1. The molecule has 21 heavy (non-hydrogen) atoms. The molecule has 0 radical (unpaired) electrons. The summed E-state index contributed by atoms with van der Waals surface area (Å²) in [5, 5.41) is 12.5. The Labute approximate surface area is 131 Å². The van der Waals surface area contributed by atoms with Gasteiger partial charge in [-0.1, -0.05) is 13.0 Å². The van der Waals surface area contributed by atoms with Crippen LogP contribution in [0.4, 0.5) is 5.69 Å². The molecule has 1 rings (SSSR count). The van der Waals surface area contributed by atoms with E-state index in [2.05, 4.69) is 16.1 Å². The summed E-state index contributed by atoms with van der Waals surface area (Å²) in [7, 11) is -3.28. The van der Waals surface area contributed by atoms with E-state index >= 15 is 0 Å². The molecule has 0 spiro atoms. The SMILES string of the molecule is CCSc1cccc(NCC(C)(C)NS(C)(=O)=O)c1C#N. The normalized spacial score (nSPS) is 12.0. The molecule has 0 saturated heterocycles. The second-order valence-electron chi connectivity index (χ2n) is 5.34. The monoisotopic (exact) mass is 327 g/mol. The number of nitriles is 1. The van der Waals surface area contributed by atoms with Crippen molar-refractivity contribution < 1.29 is 8.42 Å². The first-order valence-electron chi connectivity index (χ1n) is 6.57. The van der Waals surface area contributed by atoms with Crippen molar-refractivity contribution in [3.8, 4) is 6.07 Å². The van der Waals surface area contributed by atoms with Crippen molar-refractivity contribution in [1.29, 1.82) is 5.26 Å². The van der Waals surface area contributed by atoms with E-state index in [0.717, 1.165) is 22.6 Å². The summed E-state index contributed by atoms with van der Waals surface area (Å²) in [5.41, 5.74) is 0.674. The van der Waals surface area contributed by atoms with Gasteiger partial charge in [-0.3, -0.25) is 0 Å². The largest absolute Gasteiger partial charge is 0.382 e. The van der Waals surface area contributed by atoms with E-state index in [9.17, 15) is 13.7 Å². The van der Waals surface area contributed by atoms with E-state index in [4.69, 9.17) is 0 Å². The van der Waals surface area contributed by atoms with Gasteiger partial charge in [0.15, 0.2) is 0 Å². The third-order valence-corrected chi connectivity index (χ3v) is 4.48. The fourth-order valence-electron chi connectivity index (χ4n) is 1.92. The smallest absolute Gasteiger partial charge is 0.209 e. The zero-order valence-electron chi connectivity index (χ0n) is 12.7. The topological polar surface area (TPSA) is 82.0 Å². The highest BCUT2D eigenvalue weighted by Crippen LogP contribution is 2.28. The lowest BCUT2D eigenvalue weighted by Gasteiger charge is -2.26. The quantitative estimate of drug-likeness (QED) is 0.752. The average molecular weight is 327 g/mol. The lowest BCUT2D eigenvalue weighted by atomic mass is 10.1. The molecule has 5 nitrogen and oxygen atoms in total. The summed E-state index contributed by atoms with van der Waals surface area (Å²) < 4.78 is 25.2. The third-order valence-electron chi connectivity index (χ3n) is 2.62. The van der Waals surface area contributed by atoms with Gasteiger partial charge in [-0.15, -0.1) is 11.8 Å². The first-order chi connectivity index (χ1) is 9.68. The van der Waals surface area contributed by atoms with Gasteiger partial charge >= 0.3 is 0 Å². The summed E-state index contributed by atoms with van der Waals surface area (Å²) in [6, 6.07) is 7.84. The van der Waals surface area contributed by atoms with Gasteiger partial charge in [0, 0.05) is 17.0 Å². The van der Waals surface area contributed by atoms with Crippen LogP contribution in [0.15, 0.2) is 23.1 Å². The summed E-state index contributed by atoms with van der Waals surface area (Å²) >= 11 is 1.61. The number of nitrogens with zero attached hydrogens (tertiary/aromatic N) is 1. The van der Waals surface area contributed by atoms with Crippen LogP contribution in [0, 0.1) is 11.3 Å². The van der Waals surface area contributed by atoms with Gasteiger partial charge in [-0.25, -0.2) is 13.1 Å². The van der Waals surface area contributed by atoms with E-state index in [1.807, 2.05) is 25.1 Å². The highest BCUT2D eigenvalue weighted by molar-refractivity contribution is 7.99. The lowest BCUT2D eigenvalue weighted by molar-refractivity contribution is 0.476. The molecule has 0 aliphatic heterocycles. The Morgan fingerprint density at radius 2 is 2.05 bits per heavy atom. The Bertz CT molecular complexity index is 634. The molecule has 0 bridgehead atoms. The maximum Gasteiger partial charge on any atom is 0.209 e. The first-order valence-corrected chi connectivity index (χ1v) is 9.45. The van der Waals surface area contributed by atoms with Gasteiger partial charge in [-0.2, -0.15) is 5.26 Å². The maximum atomic E-state index is 11.3. The van der Waals surface area contributed by atoms with Gasteiger partial charge in [0.2, 0.25) is 10.0 Å². The second kappa shape index (κ2) is 7.16. The summed E-state index contributed by atoms with van der Waals surface area (Å²) in [4.78, 5) is 0.930. The number of hydrogen-bond acceptors (Lipinski definition) is 5. The average Bonchev–Trinajstić information content (AvgIpc) is 2.34. The zero-order valence-corrected chi connectivity index (χ0v) is 14.4. The van der Waals surface area contributed by atoms with Crippen molar-refractivity contribution in [2.45, 2.75) is 31.2 Å². The molecule has 116 valence electrons. The summed E-state index contributed by atoms with van der Waals surface area (Å²) in [6.07, 6.45) is 1.13. The van der Waals surface area contributed by atoms with Gasteiger partial charge in [0.05, 0.1) is 17.5 Å². The highest BCUT2D eigenvalue weighted by Gasteiger charge is 2.22. The standard InChI is InChI=1S/C14H21N3O2S2/c1-5-20-13-8-6-7-12(11(13)9-15)16-10-14(2,3)17-21(4,18)19/h6-8,16-17H,5,10H2,1-4H3. The van der Waals surface area contributed by atoms with Gasteiger partial charge < -0.3 is 5.32 Å². The Morgan fingerprint density at radius 1 is 1.38 bits per heavy atom. The van der Waals surface area contributed by atoms with E-state index in [0.29, 0.717) is 12.1 Å². The van der Waals surface area contributed by atoms with Crippen LogP contribution >= 0.6 is 11.8 Å². The van der Waals surface area contributed by atoms with Gasteiger partial charge in [0.1, 0.15) is 6.07 Å². The van der Waals surface area contributed by atoms with Crippen molar-refractivity contribution in [3.63, 3.8) is 0 Å². The van der Waals surface area contributed by atoms with Crippen LogP contribution in [0.3, 0.4) is 0 Å². The molecule has 1 aromatic rings. The lowest BCUT2D eigenvalue weighted by Crippen LogP contribution is -2.47. The van der Waals surface area contributed by atoms with Crippen LogP contribution in [-0.4, -0.2) is 32.5 Å². The Balaban J connectivity index is 2.89. The first kappa shape index (κ1) is 17.8. The predicted octanol–water partition coefficient (Wildman–Crippen LogP) is 2.41.